The lowest BCUT2D eigenvalue weighted by Crippen LogP contribution is -2.43. The molecule has 0 aliphatic carbocycles. The highest BCUT2D eigenvalue weighted by Gasteiger charge is 2.36. The van der Waals surface area contributed by atoms with Crippen molar-refractivity contribution in [2.75, 3.05) is 27.3 Å². The van der Waals surface area contributed by atoms with Crippen LogP contribution in [-0.2, 0) is 11.4 Å². The minimum atomic E-state index is -0.777. The van der Waals surface area contributed by atoms with Gasteiger partial charge in [0.05, 0.1) is 30.0 Å². The summed E-state index contributed by atoms with van der Waals surface area (Å²) >= 11 is 13.6. The van der Waals surface area contributed by atoms with Crippen LogP contribution >= 0.6 is 34.5 Å². The van der Waals surface area contributed by atoms with E-state index >= 15 is 0 Å². The van der Waals surface area contributed by atoms with E-state index in [-0.39, 0.29) is 18.1 Å². The molecular weight excluding hydrogens is 633 g/mol. The number of carbonyl (C=O) groups is 1. The van der Waals surface area contributed by atoms with Crippen molar-refractivity contribution >= 4 is 46.5 Å². The largest absolute Gasteiger partial charge is 0.497 e. The van der Waals surface area contributed by atoms with Crippen LogP contribution < -0.4 is 29.1 Å². The van der Waals surface area contributed by atoms with Crippen molar-refractivity contribution in [3.63, 3.8) is 0 Å². The Morgan fingerprint density at radius 1 is 1.02 bits per heavy atom. The first-order chi connectivity index (χ1) is 21.7. The Kier molecular flexibility index (Phi) is 10.0. The molecule has 1 atom stereocenters. The molecule has 1 aliphatic rings. The lowest BCUT2D eigenvalue weighted by molar-refractivity contribution is -0.127. The number of halogens is 2. The molecule has 0 saturated carbocycles. The molecule has 45 heavy (non-hydrogen) atoms. The maximum absolute atomic E-state index is 14.2. The van der Waals surface area contributed by atoms with Crippen LogP contribution in [0, 0.1) is 0 Å². The SMILES string of the molecule is CCN(CC)C(=O)C1=C(C)N=c2s/c(=C/c3cccc(OCc4ccc(Cl)cc4Cl)c3)c(=O)n2[C@@H]1c1cc(OC)ccc1OC. The van der Waals surface area contributed by atoms with Gasteiger partial charge in [0.15, 0.2) is 4.80 Å². The first kappa shape index (κ1) is 32.3. The van der Waals surface area contributed by atoms with Crippen molar-refractivity contribution < 1.29 is 19.0 Å². The quantitative estimate of drug-likeness (QED) is 0.207. The highest BCUT2D eigenvalue weighted by atomic mass is 35.5. The molecular formula is C34H33Cl2N3O5S. The van der Waals surface area contributed by atoms with Crippen molar-refractivity contribution in [3.8, 4) is 17.2 Å². The van der Waals surface area contributed by atoms with Crippen molar-refractivity contribution in [1.82, 2.24) is 9.47 Å². The lowest BCUT2D eigenvalue weighted by Gasteiger charge is -2.30. The van der Waals surface area contributed by atoms with Gasteiger partial charge in [-0.3, -0.25) is 14.2 Å². The Morgan fingerprint density at radius 2 is 1.80 bits per heavy atom. The van der Waals surface area contributed by atoms with Crippen molar-refractivity contribution in [2.24, 2.45) is 4.99 Å². The third-order valence-electron chi connectivity index (χ3n) is 7.60. The zero-order valence-corrected chi connectivity index (χ0v) is 27.9. The van der Waals surface area contributed by atoms with E-state index in [9.17, 15) is 9.59 Å². The molecule has 1 aromatic heterocycles. The summed E-state index contributed by atoms with van der Waals surface area (Å²) in [4.78, 5) is 35.1. The number of benzene rings is 3. The second-order valence-electron chi connectivity index (χ2n) is 10.3. The fourth-order valence-electron chi connectivity index (χ4n) is 5.27. The summed E-state index contributed by atoms with van der Waals surface area (Å²) in [6.07, 6.45) is 1.80. The standard InChI is InChI=1S/C34H33Cl2N3O5S/c1-6-38(7-2)33(41)30-20(3)37-34-39(31(30)26-18-24(42-4)13-14-28(26)43-5)32(40)29(45-34)16-21-9-8-10-25(15-21)44-19-22-11-12-23(35)17-27(22)36/h8-18,31H,6-7,19H2,1-5H3/b29-16+/t31-/m1/s1. The zero-order chi connectivity index (χ0) is 32.2. The van der Waals surface area contributed by atoms with Crippen LogP contribution in [0.1, 0.15) is 43.5 Å². The summed E-state index contributed by atoms with van der Waals surface area (Å²) < 4.78 is 19.3. The van der Waals surface area contributed by atoms with Gasteiger partial charge in [-0.15, -0.1) is 0 Å². The monoisotopic (exact) mass is 665 g/mol. The molecule has 1 aliphatic heterocycles. The molecule has 2 heterocycles. The van der Waals surface area contributed by atoms with Gasteiger partial charge in [-0.2, -0.15) is 0 Å². The Bertz CT molecular complexity index is 1960. The molecule has 0 unspecified atom stereocenters. The van der Waals surface area contributed by atoms with Gasteiger partial charge in [0, 0.05) is 34.3 Å². The Morgan fingerprint density at radius 3 is 2.49 bits per heavy atom. The number of ether oxygens (including phenoxy) is 3. The predicted molar refractivity (Wildman–Crippen MR) is 178 cm³/mol. The van der Waals surface area contributed by atoms with Crippen LogP contribution in [-0.4, -0.2) is 42.7 Å². The van der Waals surface area contributed by atoms with Crippen molar-refractivity contribution in [1.29, 1.82) is 0 Å². The molecule has 3 aromatic carbocycles. The van der Waals surface area contributed by atoms with Gasteiger partial charge in [0.1, 0.15) is 29.9 Å². The average Bonchev–Trinajstić information content (AvgIpc) is 3.33. The number of rotatable bonds is 10. The van der Waals surface area contributed by atoms with E-state index in [1.54, 1.807) is 61.0 Å². The van der Waals surface area contributed by atoms with Crippen LogP contribution in [0.3, 0.4) is 0 Å². The molecule has 0 radical (unpaired) electrons. The van der Waals surface area contributed by atoms with Gasteiger partial charge < -0.3 is 19.1 Å². The molecule has 1 amide bonds. The Hall–Kier alpha value is -4.05. The number of methoxy groups -OCH3 is 2. The van der Waals surface area contributed by atoms with Gasteiger partial charge in [-0.25, -0.2) is 4.99 Å². The summed E-state index contributed by atoms with van der Waals surface area (Å²) in [5.41, 5.74) is 2.89. The van der Waals surface area contributed by atoms with Crippen LogP contribution in [0.4, 0.5) is 0 Å². The van der Waals surface area contributed by atoms with E-state index in [2.05, 4.69) is 0 Å². The molecule has 4 aromatic rings. The lowest BCUT2D eigenvalue weighted by atomic mass is 9.93. The minimum Gasteiger partial charge on any atom is -0.497 e. The van der Waals surface area contributed by atoms with Crippen LogP contribution in [0.15, 0.2) is 81.7 Å². The number of hydrogen-bond acceptors (Lipinski definition) is 7. The van der Waals surface area contributed by atoms with Gasteiger partial charge in [0.2, 0.25) is 0 Å². The molecule has 0 saturated heterocycles. The minimum absolute atomic E-state index is 0.184. The molecule has 0 fully saturated rings. The van der Waals surface area contributed by atoms with Gasteiger partial charge in [0.25, 0.3) is 11.5 Å². The number of allylic oxidation sites excluding steroid dienone is 1. The molecule has 0 N–H and O–H groups in total. The van der Waals surface area contributed by atoms with E-state index < -0.39 is 6.04 Å². The highest BCUT2D eigenvalue weighted by Crippen LogP contribution is 2.38. The van der Waals surface area contributed by atoms with E-state index in [0.717, 1.165) is 11.1 Å². The average molecular weight is 667 g/mol. The van der Waals surface area contributed by atoms with Crippen LogP contribution in [0.2, 0.25) is 10.0 Å². The van der Waals surface area contributed by atoms with E-state index in [1.807, 2.05) is 50.2 Å². The summed E-state index contributed by atoms with van der Waals surface area (Å²) in [7, 11) is 3.13. The first-order valence-electron chi connectivity index (χ1n) is 14.4. The van der Waals surface area contributed by atoms with Gasteiger partial charge in [-0.05, 0) is 74.9 Å². The molecule has 11 heteroatoms. The third kappa shape index (κ3) is 6.66. The summed E-state index contributed by atoms with van der Waals surface area (Å²) in [6.45, 7) is 6.95. The van der Waals surface area contributed by atoms with Gasteiger partial charge in [-0.1, -0.05) is 52.7 Å². The van der Waals surface area contributed by atoms with E-state index in [0.29, 0.717) is 66.6 Å². The maximum Gasteiger partial charge on any atom is 0.271 e. The number of thiazole rings is 1. The maximum atomic E-state index is 14.2. The molecule has 0 bridgehead atoms. The van der Waals surface area contributed by atoms with Crippen LogP contribution in [0.5, 0.6) is 17.2 Å². The topological polar surface area (TPSA) is 82.4 Å². The van der Waals surface area contributed by atoms with E-state index in [4.69, 9.17) is 42.4 Å². The summed E-state index contributed by atoms with van der Waals surface area (Å²) in [5, 5.41) is 1.08. The molecule has 0 spiro atoms. The molecule has 8 nitrogen and oxygen atoms in total. The predicted octanol–water partition coefficient (Wildman–Crippen LogP) is 6.01. The molecule has 234 valence electrons. The van der Waals surface area contributed by atoms with Crippen LogP contribution in [0.25, 0.3) is 6.08 Å². The Labute approximate surface area is 275 Å². The zero-order valence-electron chi connectivity index (χ0n) is 25.6. The van der Waals surface area contributed by atoms with Gasteiger partial charge >= 0.3 is 0 Å². The third-order valence-corrected chi connectivity index (χ3v) is 9.17. The number of amides is 1. The number of nitrogens with zero attached hydrogens (tertiary/aromatic N) is 3. The number of carbonyl (C=O) groups excluding carboxylic acids is 1. The summed E-state index contributed by atoms with van der Waals surface area (Å²) in [5.74, 6) is 1.54. The van der Waals surface area contributed by atoms with Crippen molar-refractivity contribution in [2.45, 2.75) is 33.4 Å². The molecule has 5 rings (SSSR count). The highest BCUT2D eigenvalue weighted by molar-refractivity contribution is 7.07. The van der Waals surface area contributed by atoms with E-state index in [1.165, 1.54) is 11.3 Å². The Balaban J connectivity index is 1.60. The first-order valence-corrected chi connectivity index (χ1v) is 16.0. The second kappa shape index (κ2) is 13.9. The second-order valence-corrected chi connectivity index (χ2v) is 12.1. The fourth-order valence-corrected chi connectivity index (χ4v) is 6.78. The summed E-state index contributed by atoms with van der Waals surface area (Å²) in [6, 6.07) is 17.3. The smallest absolute Gasteiger partial charge is 0.271 e. The van der Waals surface area contributed by atoms with Crippen molar-refractivity contribution in [3.05, 3.63) is 118 Å². The normalized spacial score (nSPS) is 14.6. The number of aromatic nitrogens is 1. The number of likely N-dealkylation sites (N-methyl/N-ethyl adjacent to an activating group) is 1. The number of fused-ring (bicyclic) bond motifs is 1. The number of hydrogen-bond donors (Lipinski definition) is 0. The fraction of sp³-hybridized carbons (Fsp3) is 0.265.